The largest absolute Gasteiger partial charge is 0.496 e. The fourth-order valence-corrected chi connectivity index (χ4v) is 1.24. The molecule has 82 valence electrons. The van der Waals surface area contributed by atoms with Crippen LogP contribution in [-0.4, -0.2) is 12.1 Å². The number of methoxy groups -OCH3 is 1. The number of nitriles is 2. The van der Waals surface area contributed by atoms with E-state index in [0.717, 1.165) is 0 Å². The average Bonchev–Trinajstić information content (AvgIpc) is 2.29. The maximum Gasteiger partial charge on any atom is 0.280 e. The lowest BCUT2D eigenvalue weighted by Crippen LogP contribution is -2.03. The van der Waals surface area contributed by atoms with Crippen molar-refractivity contribution in [1.82, 2.24) is 4.98 Å². The summed E-state index contributed by atoms with van der Waals surface area (Å²) in [4.78, 5) is 3.48. The SMILES string of the molecule is COc1cc(C#N)nc(C(F)F)c1CC#N. The van der Waals surface area contributed by atoms with Gasteiger partial charge in [0.25, 0.3) is 6.43 Å². The highest BCUT2D eigenvalue weighted by atomic mass is 19.3. The standard InChI is InChI=1S/C10H7F2N3O/c1-16-8-4-6(5-14)15-9(10(11)12)7(8)2-3-13/h4,10H,2H2,1H3. The van der Waals surface area contributed by atoms with Gasteiger partial charge in [-0.25, -0.2) is 13.8 Å². The Labute approximate surface area is 90.7 Å². The minimum Gasteiger partial charge on any atom is -0.496 e. The predicted octanol–water partition coefficient (Wildman–Crippen LogP) is 1.97. The first kappa shape index (κ1) is 11.9. The Bertz CT molecular complexity index is 474. The summed E-state index contributed by atoms with van der Waals surface area (Å²) in [7, 11) is 1.28. The Morgan fingerprint density at radius 2 is 2.19 bits per heavy atom. The van der Waals surface area contributed by atoms with Crippen molar-refractivity contribution in [2.45, 2.75) is 12.8 Å². The fourth-order valence-electron chi connectivity index (χ4n) is 1.24. The van der Waals surface area contributed by atoms with Gasteiger partial charge in [0.1, 0.15) is 23.2 Å². The van der Waals surface area contributed by atoms with E-state index < -0.39 is 12.1 Å². The van der Waals surface area contributed by atoms with Crippen LogP contribution in [0.4, 0.5) is 8.78 Å². The van der Waals surface area contributed by atoms with Gasteiger partial charge in [0.15, 0.2) is 0 Å². The minimum atomic E-state index is -2.84. The van der Waals surface area contributed by atoms with Crippen molar-refractivity contribution in [1.29, 1.82) is 10.5 Å². The highest BCUT2D eigenvalue weighted by Gasteiger charge is 2.20. The summed E-state index contributed by atoms with van der Waals surface area (Å²) < 4.78 is 30.1. The summed E-state index contributed by atoms with van der Waals surface area (Å²) in [6, 6.07) is 4.65. The van der Waals surface area contributed by atoms with Gasteiger partial charge in [-0.1, -0.05) is 0 Å². The number of pyridine rings is 1. The third-order valence-electron chi connectivity index (χ3n) is 1.91. The molecule has 0 saturated carbocycles. The first-order chi connectivity index (χ1) is 7.63. The van der Waals surface area contributed by atoms with E-state index >= 15 is 0 Å². The number of hydrogen-bond acceptors (Lipinski definition) is 4. The zero-order valence-corrected chi connectivity index (χ0v) is 8.37. The van der Waals surface area contributed by atoms with Crippen molar-refractivity contribution in [2.75, 3.05) is 7.11 Å². The molecule has 1 rings (SSSR count). The first-order valence-electron chi connectivity index (χ1n) is 4.27. The van der Waals surface area contributed by atoms with Crippen LogP contribution < -0.4 is 4.74 Å². The Morgan fingerprint density at radius 1 is 1.50 bits per heavy atom. The van der Waals surface area contributed by atoms with Crippen molar-refractivity contribution in [3.05, 3.63) is 23.0 Å². The van der Waals surface area contributed by atoms with E-state index in [1.807, 2.05) is 0 Å². The van der Waals surface area contributed by atoms with E-state index in [0.29, 0.717) is 0 Å². The fraction of sp³-hybridized carbons (Fsp3) is 0.300. The van der Waals surface area contributed by atoms with Gasteiger partial charge in [-0.05, 0) is 0 Å². The molecule has 0 fully saturated rings. The molecule has 0 aliphatic rings. The van der Waals surface area contributed by atoms with Crippen LogP contribution >= 0.6 is 0 Å². The molecule has 0 aromatic carbocycles. The van der Waals surface area contributed by atoms with Crippen LogP contribution in [0, 0.1) is 22.7 Å². The molecule has 4 nitrogen and oxygen atoms in total. The van der Waals surface area contributed by atoms with Gasteiger partial charge < -0.3 is 4.74 Å². The normalized spacial score (nSPS) is 9.62. The van der Waals surface area contributed by atoms with E-state index in [2.05, 4.69) is 4.98 Å². The number of nitrogens with zero attached hydrogens (tertiary/aromatic N) is 3. The summed E-state index contributed by atoms with van der Waals surface area (Å²) in [6.07, 6.45) is -3.08. The number of alkyl halides is 2. The minimum absolute atomic E-state index is 0.0269. The van der Waals surface area contributed by atoms with Crippen LogP contribution in [0.5, 0.6) is 5.75 Å². The zero-order valence-electron chi connectivity index (χ0n) is 8.37. The summed E-state index contributed by atoms with van der Waals surface area (Å²) in [5.41, 5.74) is -0.703. The maximum atomic E-state index is 12.6. The molecule has 0 saturated heterocycles. The van der Waals surface area contributed by atoms with Crippen LogP contribution in [0.1, 0.15) is 23.4 Å². The second kappa shape index (κ2) is 5.04. The number of halogens is 2. The van der Waals surface area contributed by atoms with Crippen LogP contribution in [0.2, 0.25) is 0 Å². The topological polar surface area (TPSA) is 69.7 Å². The predicted molar refractivity (Wildman–Crippen MR) is 49.8 cm³/mol. The van der Waals surface area contributed by atoms with E-state index in [-0.39, 0.29) is 23.4 Å². The molecule has 0 aliphatic heterocycles. The van der Waals surface area contributed by atoms with E-state index in [4.69, 9.17) is 15.3 Å². The zero-order chi connectivity index (χ0) is 12.1. The molecule has 0 aliphatic carbocycles. The van der Waals surface area contributed by atoms with Crippen molar-refractivity contribution >= 4 is 0 Å². The van der Waals surface area contributed by atoms with Crippen LogP contribution in [0.25, 0.3) is 0 Å². The third kappa shape index (κ3) is 2.23. The molecule has 0 bridgehead atoms. The molecule has 1 aromatic heterocycles. The Hall–Kier alpha value is -2.21. The Balaban J connectivity index is 3.43. The lowest BCUT2D eigenvalue weighted by atomic mass is 10.1. The number of hydrogen-bond donors (Lipinski definition) is 0. The van der Waals surface area contributed by atoms with Crippen LogP contribution in [0.3, 0.4) is 0 Å². The molecule has 0 spiro atoms. The summed E-state index contributed by atoms with van der Waals surface area (Å²) in [5, 5.41) is 17.1. The highest BCUT2D eigenvalue weighted by Crippen LogP contribution is 2.29. The Kier molecular flexibility index (Phi) is 3.73. The Morgan fingerprint density at radius 3 is 2.62 bits per heavy atom. The summed E-state index contributed by atoms with van der Waals surface area (Å²) in [6.45, 7) is 0. The summed E-state index contributed by atoms with van der Waals surface area (Å²) >= 11 is 0. The van der Waals surface area contributed by atoms with Gasteiger partial charge in [0.2, 0.25) is 0 Å². The molecule has 1 heterocycles. The summed E-state index contributed by atoms with van der Waals surface area (Å²) in [5.74, 6) is 0.0865. The van der Waals surface area contributed by atoms with Crippen LogP contribution in [0.15, 0.2) is 6.07 Å². The molecule has 16 heavy (non-hydrogen) atoms. The smallest absolute Gasteiger partial charge is 0.280 e. The monoisotopic (exact) mass is 223 g/mol. The van der Waals surface area contributed by atoms with E-state index in [9.17, 15) is 8.78 Å². The van der Waals surface area contributed by atoms with E-state index in [1.165, 1.54) is 13.2 Å². The maximum absolute atomic E-state index is 12.6. The molecule has 0 amide bonds. The first-order valence-corrected chi connectivity index (χ1v) is 4.27. The second-order valence-corrected chi connectivity index (χ2v) is 2.82. The van der Waals surface area contributed by atoms with Crippen molar-refractivity contribution in [2.24, 2.45) is 0 Å². The number of ether oxygens (including phenoxy) is 1. The number of rotatable bonds is 3. The lowest BCUT2D eigenvalue weighted by Gasteiger charge is -2.10. The van der Waals surface area contributed by atoms with Gasteiger partial charge in [-0.15, -0.1) is 0 Å². The van der Waals surface area contributed by atoms with Crippen molar-refractivity contribution in [3.63, 3.8) is 0 Å². The van der Waals surface area contributed by atoms with Gasteiger partial charge in [-0.2, -0.15) is 10.5 Å². The second-order valence-electron chi connectivity index (χ2n) is 2.82. The lowest BCUT2D eigenvalue weighted by molar-refractivity contribution is 0.144. The van der Waals surface area contributed by atoms with Gasteiger partial charge >= 0.3 is 0 Å². The molecule has 0 N–H and O–H groups in total. The van der Waals surface area contributed by atoms with Crippen LogP contribution in [-0.2, 0) is 6.42 Å². The van der Waals surface area contributed by atoms with Crippen molar-refractivity contribution < 1.29 is 13.5 Å². The molecular weight excluding hydrogens is 216 g/mol. The number of aromatic nitrogens is 1. The molecule has 6 heteroatoms. The third-order valence-corrected chi connectivity index (χ3v) is 1.91. The van der Waals surface area contributed by atoms with Gasteiger partial charge in [0, 0.05) is 11.6 Å². The average molecular weight is 223 g/mol. The molecular formula is C10H7F2N3O. The van der Waals surface area contributed by atoms with Gasteiger partial charge in [-0.3, -0.25) is 0 Å². The molecule has 0 unspecified atom stereocenters. The van der Waals surface area contributed by atoms with Gasteiger partial charge in [0.05, 0.1) is 19.6 Å². The molecule has 0 radical (unpaired) electrons. The quantitative estimate of drug-likeness (QED) is 0.785. The molecule has 0 atom stereocenters. The van der Waals surface area contributed by atoms with Crippen molar-refractivity contribution in [3.8, 4) is 17.9 Å². The van der Waals surface area contributed by atoms with E-state index in [1.54, 1.807) is 12.1 Å². The highest BCUT2D eigenvalue weighted by molar-refractivity contribution is 5.43. The molecule has 1 aromatic rings.